The van der Waals surface area contributed by atoms with Crippen LogP contribution in [0.2, 0.25) is 0 Å². The summed E-state index contributed by atoms with van der Waals surface area (Å²) in [6, 6.07) is 7.87. The second-order valence-electron chi connectivity index (χ2n) is 7.20. The molecule has 3 fully saturated rings. The SMILES string of the molecule is O=C(CN1CC[C@@H]2[C@H](C1)C2(F)F)Nc1ccc(N2CCCC2)cc1. The lowest BCUT2D eigenvalue weighted by atomic mass is 10.1. The van der Waals surface area contributed by atoms with Crippen molar-refractivity contribution in [3.05, 3.63) is 24.3 Å². The summed E-state index contributed by atoms with van der Waals surface area (Å²) in [6.07, 6.45) is 2.96. The second-order valence-corrected chi connectivity index (χ2v) is 7.20. The Balaban J connectivity index is 1.28. The molecular formula is C18H23F2N3O. The van der Waals surface area contributed by atoms with E-state index >= 15 is 0 Å². The lowest BCUT2D eigenvalue weighted by molar-refractivity contribution is -0.117. The van der Waals surface area contributed by atoms with Gasteiger partial charge in [-0.3, -0.25) is 9.69 Å². The molecular weight excluding hydrogens is 312 g/mol. The van der Waals surface area contributed by atoms with Crippen LogP contribution in [0.3, 0.4) is 0 Å². The fourth-order valence-corrected chi connectivity index (χ4v) is 4.07. The van der Waals surface area contributed by atoms with Crippen LogP contribution in [0.25, 0.3) is 0 Å². The molecule has 6 heteroatoms. The predicted molar refractivity (Wildman–Crippen MR) is 89.5 cm³/mol. The number of nitrogens with zero attached hydrogens (tertiary/aromatic N) is 2. The van der Waals surface area contributed by atoms with E-state index in [2.05, 4.69) is 10.2 Å². The summed E-state index contributed by atoms with van der Waals surface area (Å²) in [5.41, 5.74) is 1.94. The molecule has 2 heterocycles. The summed E-state index contributed by atoms with van der Waals surface area (Å²) >= 11 is 0. The summed E-state index contributed by atoms with van der Waals surface area (Å²) in [5, 5.41) is 2.87. The number of anilines is 2. The molecule has 1 aromatic rings. The van der Waals surface area contributed by atoms with E-state index in [9.17, 15) is 13.6 Å². The maximum Gasteiger partial charge on any atom is 0.255 e. The van der Waals surface area contributed by atoms with Gasteiger partial charge in [0.15, 0.2) is 0 Å². The Morgan fingerprint density at radius 2 is 1.83 bits per heavy atom. The molecule has 0 bridgehead atoms. The minimum Gasteiger partial charge on any atom is -0.372 e. The van der Waals surface area contributed by atoms with Gasteiger partial charge >= 0.3 is 0 Å². The predicted octanol–water partition coefficient (Wildman–Crippen LogP) is 2.81. The number of rotatable bonds is 4. The number of alkyl halides is 2. The van der Waals surface area contributed by atoms with Crippen LogP contribution >= 0.6 is 0 Å². The Labute approximate surface area is 140 Å². The van der Waals surface area contributed by atoms with Gasteiger partial charge in [-0.15, -0.1) is 0 Å². The van der Waals surface area contributed by atoms with Gasteiger partial charge in [0.2, 0.25) is 5.91 Å². The number of carbonyl (C=O) groups excluding carboxylic acids is 1. The van der Waals surface area contributed by atoms with E-state index in [1.807, 2.05) is 29.2 Å². The molecule has 0 radical (unpaired) electrons. The van der Waals surface area contributed by atoms with Crippen molar-refractivity contribution in [2.24, 2.45) is 11.8 Å². The Kier molecular flexibility index (Phi) is 3.95. The monoisotopic (exact) mass is 335 g/mol. The third kappa shape index (κ3) is 2.99. The molecule has 0 spiro atoms. The van der Waals surface area contributed by atoms with Crippen LogP contribution in [0, 0.1) is 11.8 Å². The molecule has 3 aliphatic rings. The molecule has 1 amide bonds. The first-order valence-corrected chi connectivity index (χ1v) is 8.79. The van der Waals surface area contributed by atoms with Gasteiger partial charge in [-0.05, 0) is 50.1 Å². The Morgan fingerprint density at radius 3 is 2.50 bits per heavy atom. The van der Waals surface area contributed by atoms with Gasteiger partial charge in [0.25, 0.3) is 5.92 Å². The van der Waals surface area contributed by atoms with Crippen molar-refractivity contribution in [1.82, 2.24) is 4.90 Å². The average molecular weight is 335 g/mol. The van der Waals surface area contributed by atoms with E-state index < -0.39 is 17.8 Å². The van der Waals surface area contributed by atoms with Crippen molar-refractivity contribution in [2.75, 3.05) is 42.9 Å². The average Bonchev–Trinajstić information content (AvgIpc) is 2.95. The maximum absolute atomic E-state index is 13.4. The van der Waals surface area contributed by atoms with Crippen molar-refractivity contribution < 1.29 is 13.6 Å². The molecule has 1 aromatic carbocycles. The smallest absolute Gasteiger partial charge is 0.255 e. The van der Waals surface area contributed by atoms with Crippen LogP contribution in [0.15, 0.2) is 24.3 Å². The topological polar surface area (TPSA) is 35.6 Å². The Morgan fingerprint density at radius 1 is 1.12 bits per heavy atom. The van der Waals surface area contributed by atoms with Crippen molar-refractivity contribution in [3.63, 3.8) is 0 Å². The third-order valence-electron chi connectivity index (χ3n) is 5.57. The van der Waals surface area contributed by atoms with Crippen molar-refractivity contribution >= 4 is 17.3 Å². The zero-order valence-electron chi connectivity index (χ0n) is 13.7. The summed E-state index contributed by atoms with van der Waals surface area (Å²) in [6.45, 7) is 3.28. The summed E-state index contributed by atoms with van der Waals surface area (Å²) in [4.78, 5) is 16.3. The maximum atomic E-state index is 13.4. The van der Waals surface area contributed by atoms with E-state index in [-0.39, 0.29) is 12.5 Å². The zero-order valence-corrected chi connectivity index (χ0v) is 13.7. The van der Waals surface area contributed by atoms with Gasteiger partial charge in [-0.2, -0.15) is 0 Å². The van der Waals surface area contributed by atoms with Gasteiger partial charge < -0.3 is 10.2 Å². The first-order chi connectivity index (χ1) is 11.5. The summed E-state index contributed by atoms with van der Waals surface area (Å²) < 4.78 is 26.8. The molecule has 4 nitrogen and oxygen atoms in total. The van der Waals surface area contributed by atoms with Gasteiger partial charge in [-0.25, -0.2) is 8.78 Å². The number of hydrogen-bond acceptors (Lipinski definition) is 3. The molecule has 2 atom stereocenters. The third-order valence-corrected chi connectivity index (χ3v) is 5.57. The highest BCUT2D eigenvalue weighted by Gasteiger charge is 2.68. The highest BCUT2D eigenvalue weighted by Crippen LogP contribution is 2.58. The number of carbonyl (C=O) groups is 1. The fraction of sp³-hybridized carbons (Fsp3) is 0.611. The molecule has 1 aliphatic carbocycles. The lowest BCUT2D eigenvalue weighted by Gasteiger charge is -2.24. The molecule has 1 N–H and O–H groups in total. The number of benzene rings is 1. The van der Waals surface area contributed by atoms with Crippen molar-refractivity contribution in [3.8, 4) is 0 Å². The molecule has 24 heavy (non-hydrogen) atoms. The quantitative estimate of drug-likeness (QED) is 0.919. The molecule has 2 aliphatic heterocycles. The van der Waals surface area contributed by atoms with Gasteiger partial charge in [0.1, 0.15) is 0 Å². The number of piperidine rings is 1. The number of nitrogens with one attached hydrogen (secondary N) is 1. The second kappa shape index (κ2) is 5.99. The lowest BCUT2D eigenvalue weighted by Crippen LogP contribution is -2.38. The summed E-state index contributed by atoms with van der Waals surface area (Å²) in [5.74, 6) is -3.63. The Hall–Kier alpha value is -1.69. The van der Waals surface area contributed by atoms with Crippen molar-refractivity contribution in [2.45, 2.75) is 25.2 Å². The Bertz CT molecular complexity index is 613. The number of amides is 1. The number of likely N-dealkylation sites (tertiary alicyclic amines) is 1. The molecule has 130 valence electrons. The van der Waals surface area contributed by atoms with Crippen molar-refractivity contribution in [1.29, 1.82) is 0 Å². The molecule has 0 unspecified atom stereocenters. The van der Waals surface area contributed by atoms with Crippen LogP contribution < -0.4 is 10.2 Å². The van der Waals surface area contributed by atoms with Crippen LogP contribution in [0.1, 0.15) is 19.3 Å². The highest BCUT2D eigenvalue weighted by atomic mass is 19.3. The zero-order chi connectivity index (χ0) is 16.7. The van der Waals surface area contributed by atoms with Crippen LogP contribution in [-0.4, -0.2) is 49.5 Å². The van der Waals surface area contributed by atoms with E-state index in [0.717, 1.165) is 18.8 Å². The highest BCUT2D eigenvalue weighted by molar-refractivity contribution is 5.92. The van der Waals surface area contributed by atoms with E-state index in [1.54, 1.807) is 0 Å². The first kappa shape index (κ1) is 15.8. The molecule has 1 saturated carbocycles. The standard InChI is InChI=1S/C18H23F2N3O/c19-18(20)15-7-10-22(11-16(15)18)12-17(24)21-13-3-5-14(6-4-13)23-8-1-2-9-23/h3-6,15-16H,1-2,7-12H2,(H,21,24)/t15-,16+/m1/s1. The van der Waals surface area contributed by atoms with Gasteiger partial charge in [0, 0.05) is 42.8 Å². The minimum atomic E-state index is -2.50. The van der Waals surface area contributed by atoms with Gasteiger partial charge in [0.05, 0.1) is 6.54 Å². The molecule has 4 rings (SSSR count). The molecule has 0 aromatic heterocycles. The number of fused-ring (bicyclic) bond motifs is 1. The van der Waals surface area contributed by atoms with E-state index in [0.29, 0.717) is 19.5 Å². The van der Waals surface area contributed by atoms with E-state index in [4.69, 9.17) is 0 Å². The van der Waals surface area contributed by atoms with E-state index in [1.165, 1.54) is 18.5 Å². The van der Waals surface area contributed by atoms with Crippen LogP contribution in [0.4, 0.5) is 20.2 Å². The van der Waals surface area contributed by atoms with Crippen LogP contribution in [-0.2, 0) is 4.79 Å². The first-order valence-electron chi connectivity index (χ1n) is 8.79. The summed E-state index contributed by atoms with van der Waals surface area (Å²) in [7, 11) is 0. The largest absolute Gasteiger partial charge is 0.372 e. The van der Waals surface area contributed by atoms with Crippen LogP contribution in [0.5, 0.6) is 0 Å². The normalized spacial score (nSPS) is 28.5. The minimum absolute atomic E-state index is 0.133. The number of hydrogen-bond donors (Lipinski definition) is 1. The molecule has 2 saturated heterocycles. The van der Waals surface area contributed by atoms with Gasteiger partial charge in [-0.1, -0.05) is 0 Å². The number of halogens is 2. The fourth-order valence-electron chi connectivity index (χ4n) is 4.07.